The Morgan fingerprint density at radius 1 is 1.04 bits per heavy atom. The van der Waals surface area contributed by atoms with Crippen LogP contribution in [0.2, 0.25) is 0 Å². The van der Waals surface area contributed by atoms with Crippen molar-refractivity contribution in [2.45, 2.75) is 83.0 Å². The van der Waals surface area contributed by atoms with E-state index in [1.54, 1.807) is 24.0 Å². The number of piperidine rings is 1. The number of esters is 1. The topological polar surface area (TPSA) is 132 Å². The van der Waals surface area contributed by atoms with Gasteiger partial charge >= 0.3 is 12.1 Å². The van der Waals surface area contributed by atoms with Crippen molar-refractivity contribution in [1.29, 1.82) is 0 Å². The molecule has 1 N–H and O–H groups in total. The zero-order valence-electron chi connectivity index (χ0n) is 29.5. The van der Waals surface area contributed by atoms with Crippen LogP contribution in [0.15, 0.2) is 51.8 Å². The molecule has 2 aliphatic heterocycles. The molecule has 14 heteroatoms. The number of methoxy groups -OCH3 is 1. The second-order valence-electron chi connectivity index (χ2n) is 13.7. The molecule has 3 heterocycles. The van der Waals surface area contributed by atoms with Crippen molar-refractivity contribution in [3.8, 4) is 17.0 Å². The van der Waals surface area contributed by atoms with E-state index in [0.29, 0.717) is 30.9 Å². The molecule has 1 saturated heterocycles. The Bertz CT molecular complexity index is 1760. The molecule has 50 heavy (non-hydrogen) atoms. The van der Waals surface area contributed by atoms with Gasteiger partial charge in [0.15, 0.2) is 16.4 Å². The number of hydrogen-bond donors (Lipinski definition) is 1. The summed E-state index contributed by atoms with van der Waals surface area (Å²) in [6, 6.07) is 12.9. The van der Waals surface area contributed by atoms with E-state index >= 15 is 0 Å². The summed E-state index contributed by atoms with van der Waals surface area (Å²) in [6.45, 7) is 11.5. The predicted octanol–water partition coefficient (Wildman–Crippen LogP) is 5.92. The molecule has 0 radical (unpaired) electrons. The number of aromatic nitrogens is 2. The molecule has 2 aromatic carbocycles. The fourth-order valence-electron chi connectivity index (χ4n) is 6.27. The Morgan fingerprint density at radius 2 is 1.76 bits per heavy atom. The van der Waals surface area contributed by atoms with Gasteiger partial charge in [-0.2, -0.15) is 5.10 Å². The minimum atomic E-state index is -3.42. The minimum absolute atomic E-state index is 0.00932. The van der Waals surface area contributed by atoms with Crippen molar-refractivity contribution >= 4 is 43.5 Å². The molecule has 5 rings (SSSR count). The third-order valence-corrected chi connectivity index (χ3v) is 11.2. The fraction of sp³-hybridized carbons (Fsp3) is 0.528. The van der Waals surface area contributed by atoms with Crippen molar-refractivity contribution in [2.75, 3.05) is 51.0 Å². The number of anilines is 1. The van der Waals surface area contributed by atoms with E-state index < -0.39 is 21.4 Å². The molecule has 0 bridgehead atoms. The molecule has 0 spiro atoms. The Balaban J connectivity index is 1.21. The summed E-state index contributed by atoms with van der Waals surface area (Å²) in [5, 5.41) is 8.57. The van der Waals surface area contributed by atoms with Crippen LogP contribution in [0.25, 0.3) is 11.3 Å². The first-order chi connectivity index (χ1) is 23.8. The van der Waals surface area contributed by atoms with Crippen molar-refractivity contribution in [3.63, 3.8) is 0 Å². The van der Waals surface area contributed by atoms with Gasteiger partial charge in [-0.15, -0.1) is 0 Å². The second-order valence-corrected chi connectivity index (χ2v) is 16.9. The number of amides is 1. The average Bonchev–Trinajstić information content (AvgIpc) is 3.45. The summed E-state index contributed by atoms with van der Waals surface area (Å²) in [7, 11) is -2.13. The number of carbonyl (C=O) groups is 2. The van der Waals surface area contributed by atoms with Crippen molar-refractivity contribution in [1.82, 2.24) is 19.6 Å². The summed E-state index contributed by atoms with van der Waals surface area (Å²) in [6.07, 6.45) is 3.06. The van der Waals surface area contributed by atoms with Crippen LogP contribution in [0.1, 0.15) is 58.2 Å². The third-order valence-electron chi connectivity index (χ3n) is 8.96. The van der Waals surface area contributed by atoms with Crippen molar-refractivity contribution < 1.29 is 32.2 Å². The first kappa shape index (κ1) is 37.6. The van der Waals surface area contributed by atoms with Gasteiger partial charge in [0.2, 0.25) is 0 Å². The van der Waals surface area contributed by atoms with Gasteiger partial charge in [0, 0.05) is 59.9 Å². The van der Waals surface area contributed by atoms with Gasteiger partial charge in [0.05, 0.1) is 35.7 Å². The number of benzene rings is 2. The molecule has 1 aromatic heterocycles. The number of carbonyl (C=O) groups excluding carboxylic acids is 2. The average molecular weight is 775 g/mol. The quantitative estimate of drug-likeness (QED) is 0.222. The maximum atomic E-state index is 13.0. The van der Waals surface area contributed by atoms with Crippen LogP contribution in [-0.4, -0.2) is 97.4 Å². The maximum absolute atomic E-state index is 13.0. The van der Waals surface area contributed by atoms with Crippen LogP contribution in [0.4, 0.5) is 10.5 Å². The first-order valence-corrected chi connectivity index (χ1v) is 19.6. The van der Waals surface area contributed by atoms with Crippen LogP contribution in [-0.2, 0) is 43.6 Å². The molecule has 3 aromatic rings. The SMILES string of the molecule is CCS(=O)(=O)c1ccc(OCC(=O)OC)c(NC2CCN(CCCn3nc(-c4ccc(Br)cc4)c4c3CCN(C(=O)OC(C)(C)C)C4)CC2)c1. The van der Waals surface area contributed by atoms with Gasteiger partial charge in [0.25, 0.3) is 0 Å². The lowest BCUT2D eigenvalue weighted by Gasteiger charge is -2.33. The predicted molar refractivity (Wildman–Crippen MR) is 195 cm³/mol. The molecule has 1 amide bonds. The van der Waals surface area contributed by atoms with E-state index in [-0.39, 0.29) is 29.4 Å². The minimum Gasteiger partial charge on any atom is -0.480 e. The number of hydrogen-bond acceptors (Lipinski definition) is 10. The Labute approximate surface area is 303 Å². The summed E-state index contributed by atoms with van der Waals surface area (Å²) in [5.41, 5.74) is 4.15. The number of likely N-dealkylation sites (tertiary alicyclic amines) is 1. The number of halogens is 1. The number of aryl methyl sites for hydroxylation is 1. The van der Waals surface area contributed by atoms with Crippen LogP contribution in [0, 0.1) is 0 Å². The monoisotopic (exact) mass is 773 g/mol. The lowest BCUT2D eigenvalue weighted by atomic mass is 10.0. The number of nitrogens with one attached hydrogen (secondary N) is 1. The summed E-state index contributed by atoms with van der Waals surface area (Å²) in [5.74, 6) is -0.116. The van der Waals surface area contributed by atoms with Crippen LogP contribution < -0.4 is 10.1 Å². The largest absolute Gasteiger partial charge is 0.480 e. The van der Waals surface area contributed by atoms with E-state index in [9.17, 15) is 18.0 Å². The number of nitrogens with zero attached hydrogens (tertiary/aromatic N) is 4. The fourth-order valence-corrected chi connectivity index (χ4v) is 7.44. The summed E-state index contributed by atoms with van der Waals surface area (Å²) < 4.78 is 44.4. The highest BCUT2D eigenvalue weighted by Crippen LogP contribution is 2.33. The van der Waals surface area contributed by atoms with E-state index in [4.69, 9.17) is 19.3 Å². The molecular formula is C36H48BrN5O7S. The summed E-state index contributed by atoms with van der Waals surface area (Å²) in [4.78, 5) is 29.1. The zero-order valence-corrected chi connectivity index (χ0v) is 31.9. The van der Waals surface area contributed by atoms with Crippen LogP contribution in [0.5, 0.6) is 5.75 Å². The van der Waals surface area contributed by atoms with Crippen LogP contribution >= 0.6 is 15.9 Å². The maximum Gasteiger partial charge on any atom is 0.410 e. The van der Waals surface area contributed by atoms with Gasteiger partial charge in [-0.25, -0.2) is 18.0 Å². The number of rotatable bonds is 12. The molecule has 0 saturated carbocycles. The van der Waals surface area contributed by atoms with Gasteiger partial charge in [-0.05, 0) is 76.9 Å². The molecular weight excluding hydrogens is 726 g/mol. The zero-order chi connectivity index (χ0) is 36.1. The Hall–Kier alpha value is -3.62. The van der Waals surface area contributed by atoms with Gasteiger partial charge in [0.1, 0.15) is 11.4 Å². The molecule has 0 unspecified atom stereocenters. The second kappa shape index (κ2) is 16.2. The van der Waals surface area contributed by atoms with Crippen molar-refractivity contribution in [3.05, 3.63) is 58.2 Å². The molecule has 2 aliphatic rings. The normalized spacial score (nSPS) is 15.8. The Morgan fingerprint density at radius 3 is 2.42 bits per heavy atom. The third kappa shape index (κ3) is 9.58. The molecule has 12 nitrogen and oxygen atoms in total. The Kier molecular flexibility index (Phi) is 12.2. The van der Waals surface area contributed by atoms with Crippen LogP contribution in [0.3, 0.4) is 0 Å². The van der Waals surface area contributed by atoms with Gasteiger partial charge < -0.3 is 29.3 Å². The van der Waals surface area contributed by atoms with E-state index in [1.807, 2.05) is 32.9 Å². The molecule has 0 aliphatic carbocycles. The molecule has 1 fully saturated rings. The highest BCUT2D eigenvalue weighted by molar-refractivity contribution is 9.10. The lowest BCUT2D eigenvalue weighted by Crippen LogP contribution is -2.40. The van der Waals surface area contributed by atoms with E-state index in [0.717, 1.165) is 66.7 Å². The summed E-state index contributed by atoms with van der Waals surface area (Å²) >= 11 is 3.53. The van der Waals surface area contributed by atoms with E-state index in [2.05, 4.69) is 43.0 Å². The number of ether oxygens (including phenoxy) is 3. The number of sulfone groups is 1. The van der Waals surface area contributed by atoms with Gasteiger partial charge in [-0.3, -0.25) is 4.68 Å². The van der Waals surface area contributed by atoms with Crippen molar-refractivity contribution in [2.24, 2.45) is 0 Å². The smallest absolute Gasteiger partial charge is 0.410 e. The molecule has 0 atom stereocenters. The lowest BCUT2D eigenvalue weighted by molar-refractivity contribution is -0.142. The number of fused-ring (bicyclic) bond motifs is 1. The van der Waals surface area contributed by atoms with E-state index in [1.165, 1.54) is 18.9 Å². The van der Waals surface area contributed by atoms with Gasteiger partial charge in [-0.1, -0.05) is 35.0 Å². The highest BCUT2D eigenvalue weighted by atomic mass is 79.9. The first-order valence-electron chi connectivity index (χ1n) is 17.1. The standard InChI is InChI=1S/C36H48BrN5O7S/c1-6-50(45,46)28-12-13-32(48-24-33(43)47-5)30(22-28)38-27-14-19-40(20-15-27)17-7-18-42-31-16-21-41(35(44)49-36(2,3)4)23-29(31)34(39-42)25-8-10-26(37)11-9-25/h8-13,22,27,38H,6-7,14-21,23-24H2,1-5H3. The molecule has 272 valence electrons. The highest BCUT2D eigenvalue weighted by Gasteiger charge is 2.31.